The van der Waals surface area contributed by atoms with Gasteiger partial charge < -0.3 is 39.6 Å². The molecular weight excluding hydrogens is 799 g/mol. The molecule has 3 N–H and O–H groups in total. The number of likely N-dealkylation sites (tertiary alicyclic amines) is 2. The zero-order valence-corrected chi connectivity index (χ0v) is 35.9. The van der Waals surface area contributed by atoms with E-state index < -0.39 is 24.3 Å². The molecule has 14 heteroatoms. The Morgan fingerprint density at radius 2 is 1.52 bits per heavy atom. The molecule has 324 valence electrons. The van der Waals surface area contributed by atoms with Gasteiger partial charge in [-0.05, 0) is 83.0 Å². The number of allylic oxidation sites excluding steroid dienone is 1. The molecule has 2 fully saturated rings. The Morgan fingerprint density at radius 3 is 2.29 bits per heavy atom. The largest absolute Gasteiger partial charge is 0.488 e. The third-order valence-electron chi connectivity index (χ3n) is 12.8. The second-order valence-corrected chi connectivity index (χ2v) is 16.9. The number of rotatable bonds is 10. The van der Waals surface area contributed by atoms with Gasteiger partial charge in [0.25, 0.3) is 5.91 Å². The van der Waals surface area contributed by atoms with Gasteiger partial charge in [-0.1, -0.05) is 74.5 Å². The van der Waals surface area contributed by atoms with Crippen molar-refractivity contribution in [3.8, 4) is 28.1 Å². The van der Waals surface area contributed by atoms with Crippen LogP contribution in [0.2, 0.25) is 0 Å². The summed E-state index contributed by atoms with van der Waals surface area (Å²) in [6, 6.07) is 24.3. The van der Waals surface area contributed by atoms with E-state index >= 15 is 0 Å². The summed E-state index contributed by atoms with van der Waals surface area (Å²) >= 11 is 0. The molecule has 63 heavy (non-hydrogen) atoms. The number of nitrogens with one attached hydrogen (secondary N) is 3. The van der Waals surface area contributed by atoms with Crippen molar-refractivity contribution in [3.63, 3.8) is 0 Å². The molecule has 0 radical (unpaired) electrons. The maximum Gasteiger partial charge on any atom is 0.407 e. The van der Waals surface area contributed by atoms with Gasteiger partial charge in [0.05, 0.1) is 38.2 Å². The number of amides is 4. The first-order chi connectivity index (χ1) is 30.6. The van der Waals surface area contributed by atoms with Gasteiger partial charge in [-0.15, -0.1) is 0 Å². The van der Waals surface area contributed by atoms with E-state index in [4.69, 9.17) is 24.2 Å². The van der Waals surface area contributed by atoms with Crippen LogP contribution >= 0.6 is 0 Å². The van der Waals surface area contributed by atoms with E-state index in [1.807, 2.05) is 61.5 Å². The van der Waals surface area contributed by atoms with E-state index in [1.54, 1.807) is 4.90 Å². The molecule has 5 aromatic rings. The number of hydrogen-bond acceptors (Lipinski definition) is 9. The topological polar surface area (TPSA) is 168 Å². The predicted molar refractivity (Wildman–Crippen MR) is 239 cm³/mol. The second kappa shape index (κ2) is 17.4. The summed E-state index contributed by atoms with van der Waals surface area (Å²) in [7, 11) is 2.58. The highest BCUT2D eigenvalue weighted by Crippen LogP contribution is 2.44. The molecule has 0 unspecified atom stereocenters. The van der Waals surface area contributed by atoms with Crippen molar-refractivity contribution in [2.75, 3.05) is 27.3 Å². The number of imidazole rings is 1. The quantitative estimate of drug-likeness (QED) is 0.127. The Hall–Kier alpha value is -6.96. The molecule has 4 atom stereocenters. The summed E-state index contributed by atoms with van der Waals surface area (Å²) in [6.45, 7) is 5.43. The standard InChI is InChI=1S/C49H51N7O7/c1-28(2)42(53-48(59)61-3)46(57)55-20-8-12-40(55)38-24-33(25-50-38)30-14-17-35-34(22-30)27-63-44-36-18-16-32(23-31(36)15-19-37(35)44)39-26-51-45(52-39)41-13-9-21-56(41)47(58)43(54-49(60)62-4)29-10-6-5-7-11-29/h5-7,10-11,14-19,22-23,25-26,28,40-43H,8-9,12-13,20-21,24,27H2,1-4H3,(H,51,52)(H,53,59)(H,54,60)/t40-,41-,42-,43+/m0/s1. The summed E-state index contributed by atoms with van der Waals surface area (Å²) in [5.74, 6) is 1.12. The highest BCUT2D eigenvalue weighted by molar-refractivity contribution is 6.04. The number of nitrogens with zero attached hydrogens (tertiary/aromatic N) is 4. The number of H-pyrrole nitrogens is 1. The van der Waals surface area contributed by atoms with Crippen LogP contribution in [0.1, 0.15) is 80.6 Å². The Morgan fingerprint density at radius 1 is 0.810 bits per heavy atom. The molecule has 0 spiro atoms. The van der Waals surface area contributed by atoms with Gasteiger partial charge in [-0.3, -0.25) is 14.6 Å². The molecule has 0 saturated carbocycles. The van der Waals surface area contributed by atoms with Crippen LogP contribution in [0, 0.1) is 5.92 Å². The van der Waals surface area contributed by atoms with Crippen LogP contribution in [-0.4, -0.2) is 88.9 Å². The normalized spacial score (nSPS) is 18.8. The van der Waals surface area contributed by atoms with Gasteiger partial charge in [0.2, 0.25) is 5.91 Å². The number of ether oxygens (including phenoxy) is 3. The third kappa shape index (κ3) is 8.01. The maximum absolute atomic E-state index is 14.0. The summed E-state index contributed by atoms with van der Waals surface area (Å²) in [5.41, 5.74) is 8.86. The lowest BCUT2D eigenvalue weighted by atomic mass is 9.90. The third-order valence-corrected chi connectivity index (χ3v) is 12.8. The molecule has 14 nitrogen and oxygen atoms in total. The monoisotopic (exact) mass is 849 g/mol. The van der Waals surface area contributed by atoms with Crippen molar-refractivity contribution in [1.29, 1.82) is 0 Å². The summed E-state index contributed by atoms with van der Waals surface area (Å²) in [4.78, 5) is 68.7. The first-order valence-electron chi connectivity index (χ1n) is 21.6. The Balaban J connectivity index is 0.889. The number of aromatic amines is 1. The van der Waals surface area contributed by atoms with Crippen molar-refractivity contribution in [2.24, 2.45) is 10.9 Å². The minimum absolute atomic E-state index is 0.0961. The molecular formula is C49H51N7O7. The maximum atomic E-state index is 14.0. The van der Waals surface area contributed by atoms with E-state index in [9.17, 15) is 19.2 Å². The molecule has 1 aromatic heterocycles. The van der Waals surface area contributed by atoms with E-state index in [1.165, 1.54) is 14.2 Å². The number of aliphatic imine (C=N–C) groups is 1. The average Bonchev–Trinajstić information content (AvgIpc) is 4.16. The van der Waals surface area contributed by atoms with E-state index in [2.05, 4.69) is 64.1 Å². The first kappa shape index (κ1) is 41.4. The minimum atomic E-state index is -0.888. The number of alkyl carbamates (subject to hydrolysis) is 2. The van der Waals surface area contributed by atoms with Crippen molar-refractivity contribution in [1.82, 2.24) is 30.4 Å². The molecule has 2 saturated heterocycles. The minimum Gasteiger partial charge on any atom is -0.488 e. The number of hydrogen-bond donors (Lipinski definition) is 3. The van der Waals surface area contributed by atoms with Crippen LogP contribution in [-0.2, 0) is 25.7 Å². The fourth-order valence-corrected chi connectivity index (χ4v) is 9.49. The lowest BCUT2D eigenvalue weighted by Crippen LogP contribution is -2.53. The first-order valence-corrected chi connectivity index (χ1v) is 21.6. The van der Waals surface area contributed by atoms with E-state index in [-0.39, 0.29) is 29.8 Å². The summed E-state index contributed by atoms with van der Waals surface area (Å²) < 4.78 is 16.2. The van der Waals surface area contributed by atoms with Crippen molar-refractivity contribution in [2.45, 2.75) is 76.7 Å². The van der Waals surface area contributed by atoms with E-state index in [0.717, 1.165) is 87.0 Å². The smallest absolute Gasteiger partial charge is 0.407 e. The Labute approximate surface area is 365 Å². The Kier molecular flexibility index (Phi) is 11.5. The van der Waals surface area contributed by atoms with Gasteiger partial charge >= 0.3 is 12.2 Å². The molecule has 4 aliphatic rings. The van der Waals surface area contributed by atoms with Crippen LogP contribution < -0.4 is 15.4 Å². The van der Waals surface area contributed by atoms with Crippen LogP contribution in [0.15, 0.2) is 96.3 Å². The zero-order valence-electron chi connectivity index (χ0n) is 35.9. The number of fused-ring (bicyclic) bond motifs is 5. The van der Waals surface area contributed by atoms with Gasteiger partial charge in [-0.25, -0.2) is 14.6 Å². The summed E-state index contributed by atoms with van der Waals surface area (Å²) in [6.07, 6.45) is 6.36. The summed E-state index contributed by atoms with van der Waals surface area (Å²) in [5, 5.41) is 7.49. The zero-order chi connectivity index (χ0) is 43.8. The lowest BCUT2D eigenvalue weighted by Gasteiger charge is -2.31. The Bertz CT molecular complexity index is 2650. The number of methoxy groups -OCH3 is 2. The van der Waals surface area contributed by atoms with Crippen LogP contribution in [0.4, 0.5) is 9.59 Å². The number of benzene rings is 4. The van der Waals surface area contributed by atoms with Crippen LogP contribution in [0.3, 0.4) is 0 Å². The molecule has 4 aliphatic heterocycles. The van der Waals surface area contributed by atoms with Crippen LogP contribution in [0.5, 0.6) is 5.75 Å². The molecule has 0 aliphatic carbocycles. The molecule has 5 heterocycles. The SMILES string of the molecule is COC(=O)N[C@H](C(=O)N1CCC[C@H]1C1=NC=C(c2ccc3c(c2)COc2c-3ccc3cc(-c4cnc([C@@H]5CCCN5C(=O)[C@H](NC(=O)OC)c5ccccc5)[nH]4)ccc23)C1)C(C)C. The van der Waals surface area contributed by atoms with Crippen LogP contribution in [0.25, 0.3) is 38.7 Å². The fraction of sp³-hybridized carbons (Fsp3) is 0.347. The predicted octanol–water partition coefficient (Wildman–Crippen LogP) is 8.11. The highest BCUT2D eigenvalue weighted by Gasteiger charge is 2.39. The molecule has 4 amide bonds. The molecule has 9 rings (SSSR count). The lowest BCUT2D eigenvalue weighted by molar-refractivity contribution is -0.135. The van der Waals surface area contributed by atoms with Gasteiger partial charge in [-0.2, -0.15) is 0 Å². The van der Waals surface area contributed by atoms with Gasteiger partial charge in [0.1, 0.15) is 30.3 Å². The number of aromatic nitrogens is 2. The average molecular weight is 850 g/mol. The molecule has 0 bridgehead atoms. The molecule has 4 aromatic carbocycles. The van der Waals surface area contributed by atoms with Crippen molar-refractivity contribution in [3.05, 3.63) is 114 Å². The second-order valence-electron chi connectivity index (χ2n) is 16.9. The van der Waals surface area contributed by atoms with Crippen molar-refractivity contribution >= 4 is 46.1 Å². The van der Waals surface area contributed by atoms with Gasteiger partial charge in [0, 0.05) is 47.9 Å². The van der Waals surface area contributed by atoms with E-state index in [0.29, 0.717) is 37.5 Å². The number of carbonyl (C=O) groups excluding carboxylic acids is 4. The van der Waals surface area contributed by atoms with Crippen molar-refractivity contribution < 1.29 is 33.4 Å². The highest BCUT2D eigenvalue weighted by atomic mass is 16.5. The number of carbonyl (C=O) groups is 4. The fourth-order valence-electron chi connectivity index (χ4n) is 9.49. The van der Waals surface area contributed by atoms with Gasteiger partial charge in [0.15, 0.2) is 0 Å².